The first-order valence-electron chi connectivity index (χ1n) is 8.87. The van der Waals surface area contributed by atoms with Crippen molar-refractivity contribution in [2.45, 2.75) is 23.5 Å². The molecular weight excluding hydrogens is 387 g/mol. The summed E-state index contributed by atoms with van der Waals surface area (Å²) in [6.45, 7) is 3.73. The molecule has 5 nitrogen and oxygen atoms in total. The topological polar surface area (TPSA) is 69.2 Å². The zero-order valence-corrected chi connectivity index (χ0v) is 16.1. The third kappa shape index (κ3) is 5.39. The smallest absolute Gasteiger partial charge is 0.370 e. The first-order chi connectivity index (χ1) is 13.3. The zero-order valence-electron chi connectivity index (χ0n) is 15.2. The average Bonchev–Trinajstić information content (AvgIpc) is 2.67. The van der Waals surface area contributed by atoms with Crippen molar-refractivity contribution in [1.29, 1.82) is 5.41 Å². The monoisotopic (exact) mass is 409 g/mol. The Balaban J connectivity index is 1.63. The molecule has 0 saturated carbocycles. The first-order valence-corrected chi connectivity index (χ1v) is 9.85. The molecular formula is C19H22F3N5S. The van der Waals surface area contributed by atoms with E-state index in [2.05, 4.69) is 9.88 Å². The van der Waals surface area contributed by atoms with Gasteiger partial charge in [-0.05, 0) is 23.3 Å². The molecule has 3 rings (SSSR count). The summed E-state index contributed by atoms with van der Waals surface area (Å²) in [5.41, 5.74) is 6.57. The van der Waals surface area contributed by atoms with Crippen LogP contribution in [0.4, 0.5) is 13.2 Å². The highest BCUT2D eigenvalue weighted by molar-refractivity contribution is 7.98. The number of benzene rings is 1. The van der Waals surface area contributed by atoms with Gasteiger partial charge in [-0.3, -0.25) is 10.3 Å². The molecule has 0 amide bonds. The number of pyridine rings is 1. The Morgan fingerprint density at radius 3 is 2.57 bits per heavy atom. The fourth-order valence-electron chi connectivity index (χ4n) is 3.05. The van der Waals surface area contributed by atoms with Crippen LogP contribution in [0.5, 0.6) is 0 Å². The second-order valence-electron chi connectivity index (χ2n) is 6.60. The molecule has 1 saturated heterocycles. The van der Waals surface area contributed by atoms with E-state index in [4.69, 9.17) is 11.1 Å². The summed E-state index contributed by atoms with van der Waals surface area (Å²) in [6, 6.07) is 9.28. The summed E-state index contributed by atoms with van der Waals surface area (Å²) in [6.07, 6.45) is -2.63. The molecule has 0 aliphatic carbocycles. The van der Waals surface area contributed by atoms with Crippen LogP contribution in [0.25, 0.3) is 0 Å². The van der Waals surface area contributed by atoms with E-state index >= 15 is 0 Å². The van der Waals surface area contributed by atoms with Gasteiger partial charge < -0.3 is 10.6 Å². The fourth-order valence-corrected chi connectivity index (χ4v) is 3.99. The van der Waals surface area contributed by atoms with Gasteiger partial charge in [-0.15, -0.1) is 11.8 Å². The lowest BCUT2D eigenvalue weighted by molar-refractivity contribution is -0.137. The van der Waals surface area contributed by atoms with Gasteiger partial charge in [-0.2, -0.15) is 13.2 Å². The van der Waals surface area contributed by atoms with Crippen molar-refractivity contribution in [3.8, 4) is 0 Å². The largest absolute Gasteiger partial charge is 0.416 e. The molecule has 9 heteroatoms. The number of guanidine groups is 1. The zero-order chi connectivity index (χ0) is 20.1. The molecule has 1 aliphatic heterocycles. The number of thioether (sulfide) groups is 1. The van der Waals surface area contributed by atoms with Gasteiger partial charge >= 0.3 is 6.18 Å². The van der Waals surface area contributed by atoms with E-state index in [-0.39, 0.29) is 5.96 Å². The molecule has 0 atom stereocenters. The maximum Gasteiger partial charge on any atom is 0.416 e. The van der Waals surface area contributed by atoms with Crippen LogP contribution < -0.4 is 5.73 Å². The summed E-state index contributed by atoms with van der Waals surface area (Å²) in [5.74, 6) is 0.518. The van der Waals surface area contributed by atoms with Gasteiger partial charge in [-0.1, -0.05) is 24.3 Å². The van der Waals surface area contributed by atoms with Crippen LogP contribution in [0.15, 0.2) is 47.6 Å². The number of nitrogens with zero attached hydrogens (tertiary/aromatic N) is 3. The Kier molecular flexibility index (Phi) is 6.46. The molecule has 0 bridgehead atoms. The highest BCUT2D eigenvalue weighted by Gasteiger charge is 2.30. The van der Waals surface area contributed by atoms with E-state index in [1.807, 2.05) is 17.0 Å². The molecule has 0 spiro atoms. The lowest BCUT2D eigenvalue weighted by Gasteiger charge is -2.35. The number of nitrogens with two attached hydrogens (primary N) is 1. The van der Waals surface area contributed by atoms with Crippen molar-refractivity contribution in [1.82, 2.24) is 14.8 Å². The van der Waals surface area contributed by atoms with Gasteiger partial charge in [0, 0.05) is 44.7 Å². The van der Waals surface area contributed by atoms with Crippen LogP contribution in [0.1, 0.15) is 16.7 Å². The minimum atomic E-state index is -4.33. The second-order valence-corrected chi connectivity index (χ2v) is 7.57. The normalized spacial score (nSPS) is 15.6. The first kappa shape index (κ1) is 20.5. The van der Waals surface area contributed by atoms with Crippen LogP contribution in [0.2, 0.25) is 0 Å². The fraction of sp³-hybridized carbons (Fsp3) is 0.368. The molecule has 3 N–H and O–H groups in total. The molecule has 150 valence electrons. The number of aromatic nitrogens is 1. The molecule has 2 heterocycles. The summed E-state index contributed by atoms with van der Waals surface area (Å²) < 4.78 is 38.7. The second kappa shape index (κ2) is 8.83. The number of hydrogen-bond acceptors (Lipinski definition) is 4. The summed E-state index contributed by atoms with van der Waals surface area (Å²) in [7, 11) is 0. The minimum Gasteiger partial charge on any atom is -0.370 e. The Hall–Kier alpha value is -2.26. The quantitative estimate of drug-likeness (QED) is 0.450. The van der Waals surface area contributed by atoms with Gasteiger partial charge in [0.2, 0.25) is 0 Å². The van der Waals surface area contributed by atoms with Gasteiger partial charge in [0.25, 0.3) is 0 Å². The Labute approximate surface area is 166 Å². The third-order valence-electron chi connectivity index (χ3n) is 4.59. The van der Waals surface area contributed by atoms with Gasteiger partial charge in [0.05, 0.1) is 5.56 Å². The van der Waals surface area contributed by atoms with E-state index in [0.29, 0.717) is 31.0 Å². The molecule has 1 fully saturated rings. The lowest BCUT2D eigenvalue weighted by Crippen LogP contribution is -2.50. The van der Waals surface area contributed by atoms with E-state index in [9.17, 15) is 13.2 Å². The van der Waals surface area contributed by atoms with Crippen molar-refractivity contribution < 1.29 is 13.2 Å². The van der Waals surface area contributed by atoms with Crippen molar-refractivity contribution in [3.63, 3.8) is 0 Å². The van der Waals surface area contributed by atoms with E-state index in [1.165, 1.54) is 23.9 Å². The Bertz CT molecular complexity index is 819. The highest BCUT2D eigenvalue weighted by atomic mass is 32.2. The average molecular weight is 409 g/mol. The molecule has 1 aromatic heterocycles. The van der Waals surface area contributed by atoms with E-state index in [0.717, 1.165) is 29.7 Å². The van der Waals surface area contributed by atoms with Crippen LogP contribution in [-0.2, 0) is 18.5 Å². The number of rotatable bonds is 5. The summed E-state index contributed by atoms with van der Waals surface area (Å²) in [4.78, 5) is 8.53. The predicted octanol–water partition coefficient (Wildman–Crippen LogP) is 3.40. The molecule has 1 aliphatic rings. The van der Waals surface area contributed by atoms with Gasteiger partial charge in [0.15, 0.2) is 5.96 Å². The SMILES string of the molecule is N=C(N)N1CCN(Cc2cccnc2SCc2cccc(C(F)(F)F)c2)CC1. The Morgan fingerprint density at radius 2 is 1.89 bits per heavy atom. The predicted molar refractivity (Wildman–Crippen MR) is 104 cm³/mol. The van der Waals surface area contributed by atoms with E-state index in [1.54, 1.807) is 12.3 Å². The maximum absolute atomic E-state index is 12.9. The number of halogens is 3. The standard InChI is InChI=1S/C19H22F3N5S/c20-19(21,22)16-5-1-3-14(11-16)13-28-17-15(4-2-6-25-17)12-26-7-9-27(10-8-26)18(23)24/h1-6,11H,7-10,12-13H2,(H3,23,24). The number of piperazine rings is 1. The van der Waals surface area contributed by atoms with Crippen LogP contribution in [-0.4, -0.2) is 46.9 Å². The minimum absolute atomic E-state index is 0.0957. The van der Waals surface area contributed by atoms with Gasteiger partial charge in [0.1, 0.15) is 5.03 Å². The molecule has 1 aromatic carbocycles. The summed E-state index contributed by atoms with van der Waals surface area (Å²) >= 11 is 1.44. The number of nitrogens with one attached hydrogen (secondary N) is 1. The van der Waals surface area contributed by atoms with Crippen molar-refractivity contribution in [2.75, 3.05) is 26.2 Å². The van der Waals surface area contributed by atoms with Gasteiger partial charge in [-0.25, -0.2) is 4.98 Å². The van der Waals surface area contributed by atoms with Crippen LogP contribution in [0.3, 0.4) is 0 Å². The van der Waals surface area contributed by atoms with Crippen molar-refractivity contribution in [3.05, 3.63) is 59.3 Å². The lowest BCUT2D eigenvalue weighted by atomic mass is 10.1. The van der Waals surface area contributed by atoms with Crippen LogP contribution in [0, 0.1) is 5.41 Å². The molecule has 0 unspecified atom stereocenters. The third-order valence-corrected chi connectivity index (χ3v) is 5.71. The van der Waals surface area contributed by atoms with Crippen LogP contribution >= 0.6 is 11.8 Å². The molecule has 2 aromatic rings. The molecule has 28 heavy (non-hydrogen) atoms. The van der Waals surface area contributed by atoms with Crippen molar-refractivity contribution >= 4 is 17.7 Å². The number of alkyl halides is 3. The number of hydrogen-bond donors (Lipinski definition) is 2. The Morgan fingerprint density at radius 1 is 1.14 bits per heavy atom. The highest BCUT2D eigenvalue weighted by Crippen LogP contribution is 2.31. The van der Waals surface area contributed by atoms with E-state index < -0.39 is 11.7 Å². The summed E-state index contributed by atoms with van der Waals surface area (Å²) in [5, 5.41) is 8.33. The maximum atomic E-state index is 12.9. The van der Waals surface area contributed by atoms with Crippen molar-refractivity contribution in [2.24, 2.45) is 5.73 Å². The molecule has 0 radical (unpaired) electrons.